The number of carbonyl (C=O) groups excluding carboxylic acids is 2. The third-order valence-electron chi connectivity index (χ3n) is 3.69. The average molecular weight is 492 g/mol. The highest BCUT2D eigenvalue weighted by molar-refractivity contribution is 6.33. The maximum atomic E-state index is 12.3. The summed E-state index contributed by atoms with van der Waals surface area (Å²) in [5, 5.41) is 16.4. The van der Waals surface area contributed by atoms with Gasteiger partial charge in [0.2, 0.25) is 5.91 Å². The molecule has 0 radical (unpaired) electrons. The van der Waals surface area contributed by atoms with E-state index in [1.54, 1.807) is 41.5 Å². The molecule has 7 nitrogen and oxygen atoms in total. The lowest BCUT2D eigenvalue weighted by Crippen LogP contribution is -2.29. The Morgan fingerprint density at radius 3 is 1.94 bits per heavy atom. The smallest absolute Gasteiger partial charge is 0.309 e. The number of carbonyl (C=O) groups is 2. The Labute approximate surface area is 202 Å². The van der Waals surface area contributed by atoms with Crippen molar-refractivity contribution >= 4 is 40.8 Å². The number of ether oxygens (including phenoxy) is 1. The number of amides is 1. The molecule has 1 aromatic rings. The van der Waals surface area contributed by atoms with E-state index < -0.39 is 23.1 Å². The minimum Gasteiger partial charge on any atom is -0.460 e. The van der Waals surface area contributed by atoms with Crippen LogP contribution >= 0.6 is 23.2 Å². The van der Waals surface area contributed by atoms with E-state index in [4.69, 9.17) is 27.9 Å². The molecule has 184 valence electrons. The molecule has 0 aliphatic rings. The fourth-order valence-electron chi connectivity index (χ4n) is 2.53. The van der Waals surface area contributed by atoms with Crippen LogP contribution in [0.1, 0.15) is 87.3 Å². The molecule has 3 N–H and O–H groups in total. The molecule has 1 heterocycles. The van der Waals surface area contributed by atoms with Crippen molar-refractivity contribution < 1.29 is 19.4 Å². The van der Waals surface area contributed by atoms with Gasteiger partial charge >= 0.3 is 5.97 Å². The number of rotatable bonds is 6. The van der Waals surface area contributed by atoms with E-state index >= 15 is 0 Å². The van der Waals surface area contributed by atoms with Crippen LogP contribution in [0.3, 0.4) is 0 Å². The van der Waals surface area contributed by atoms with Crippen molar-refractivity contribution in [2.24, 2.45) is 5.41 Å². The van der Waals surface area contributed by atoms with Crippen molar-refractivity contribution in [3.8, 4) is 0 Å². The molecule has 0 aliphatic heterocycles. The van der Waals surface area contributed by atoms with E-state index in [9.17, 15) is 14.7 Å². The number of nitrogens with one attached hydrogen (secondary N) is 2. The molecule has 1 amide bonds. The minimum atomic E-state index is -1.30. The number of pyridine rings is 1. The highest BCUT2D eigenvalue weighted by Crippen LogP contribution is 2.34. The van der Waals surface area contributed by atoms with Crippen LogP contribution in [-0.2, 0) is 14.3 Å². The van der Waals surface area contributed by atoms with Gasteiger partial charge in [-0.1, -0.05) is 71.7 Å². The van der Waals surface area contributed by atoms with Gasteiger partial charge in [-0.2, -0.15) is 0 Å². The molecule has 1 atom stereocenters. The van der Waals surface area contributed by atoms with E-state index in [2.05, 4.69) is 43.3 Å². The molecule has 1 unspecified atom stereocenters. The van der Waals surface area contributed by atoms with Gasteiger partial charge in [0.15, 0.2) is 0 Å². The van der Waals surface area contributed by atoms with Gasteiger partial charge in [0.05, 0.1) is 18.2 Å². The molecule has 0 saturated carbocycles. The van der Waals surface area contributed by atoms with Gasteiger partial charge in [-0.25, -0.2) is 4.98 Å². The third-order valence-corrected chi connectivity index (χ3v) is 4.17. The van der Waals surface area contributed by atoms with Crippen molar-refractivity contribution in [3.63, 3.8) is 0 Å². The second kappa shape index (κ2) is 12.7. The summed E-state index contributed by atoms with van der Waals surface area (Å²) >= 11 is 12.0. The van der Waals surface area contributed by atoms with Gasteiger partial charge in [-0.05, 0) is 26.8 Å². The number of aliphatic hydroxyl groups is 1. The normalized spacial score (nSPS) is 12.8. The van der Waals surface area contributed by atoms with Crippen molar-refractivity contribution in [2.75, 3.05) is 5.32 Å². The fourth-order valence-corrected chi connectivity index (χ4v) is 3.09. The van der Waals surface area contributed by atoms with Gasteiger partial charge in [0, 0.05) is 23.1 Å². The fraction of sp³-hybridized carbons (Fsp3) is 0.696. The first-order valence-electron chi connectivity index (χ1n) is 10.7. The van der Waals surface area contributed by atoms with Gasteiger partial charge in [0.25, 0.3) is 0 Å². The molecular weight excluding hydrogens is 453 g/mol. The summed E-state index contributed by atoms with van der Waals surface area (Å²) in [5.41, 5.74) is -1.02. The standard InChI is InChI=1S/C17H24Cl2N2O4.C6H15N/c1-16(2,3)15(24)20-9-7-11(18)21-14(19)13(9)10(22)8-12(23)25-17(4,5)6;1-5(2)7-6(3)4/h7,10,22H,8H2,1-6H3,(H,20,21,24);5-7H,1-4H3. The van der Waals surface area contributed by atoms with Crippen LogP contribution in [0.15, 0.2) is 6.07 Å². The summed E-state index contributed by atoms with van der Waals surface area (Å²) in [6, 6.07) is 2.63. The number of hydrogen-bond acceptors (Lipinski definition) is 6. The second-order valence-electron chi connectivity index (χ2n) is 10.2. The molecule has 0 fully saturated rings. The molecule has 0 spiro atoms. The zero-order chi connectivity index (χ0) is 25.4. The van der Waals surface area contributed by atoms with Gasteiger partial charge < -0.3 is 20.5 Å². The first kappa shape index (κ1) is 30.6. The quantitative estimate of drug-likeness (QED) is 0.357. The summed E-state index contributed by atoms with van der Waals surface area (Å²) in [7, 11) is 0. The first-order valence-corrected chi connectivity index (χ1v) is 11.4. The minimum absolute atomic E-state index is 0.0578. The Balaban J connectivity index is 0.00000118. The number of halogens is 2. The Hall–Kier alpha value is -1.41. The van der Waals surface area contributed by atoms with E-state index in [0.717, 1.165) is 0 Å². The molecular formula is C23H39Cl2N3O4. The summed E-state index contributed by atoms with van der Waals surface area (Å²) in [6.45, 7) is 19.0. The maximum Gasteiger partial charge on any atom is 0.309 e. The first-order chi connectivity index (χ1) is 14.3. The van der Waals surface area contributed by atoms with Crippen LogP contribution < -0.4 is 10.6 Å². The molecule has 9 heteroatoms. The number of hydrogen-bond donors (Lipinski definition) is 3. The number of aliphatic hydroxyl groups excluding tert-OH is 1. The van der Waals surface area contributed by atoms with Gasteiger partial charge in [-0.3, -0.25) is 9.59 Å². The third kappa shape index (κ3) is 12.6. The van der Waals surface area contributed by atoms with Gasteiger partial charge in [0.1, 0.15) is 15.9 Å². The summed E-state index contributed by atoms with van der Waals surface area (Å²) in [4.78, 5) is 28.1. The second-order valence-corrected chi connectivity index (χ2v) is 10.9. The number of esters is 1. The van der Waals surface area contributed by atoms with Crippen LogP contribution in [0.2, 0.25) is 10.3 Å². The lowest BCUT2D eigenvalue weighted by Gasteiger charge is -2.23. The summed E-state index contributed by atoms with van der Waals surface area (Å²) in [6.07, 6.45) is -1.64. The summed E-state index contributed by atoms with van der Waals surface area (Å²) < 4.78 is 5.19. The molecule has 1 rings (SSSR count). The monoisotopic (exact) mass is 491 g/mol. The predicted molar refractivity (Wildman–Crippen MR) is 131 cm³/mol. The largest absolute Gasteiger partial charge is 0.460 e. The summed E-state index contributed by atoms with van der Waals surface area (Å²) in [5.74, 6) is -0.893. The Morgan fingerprint density at radius 1 is 1.06 bits per heavy atom. The lowest BCUT2D eigenvalue weighted by atomic mass is 9.95. The number of anilines is 1. The van der Waals surface area contributed by atoms with E-state index in [1.807, 2.05) is 0 Å². The predicted octanol–water partition coefficient (Wildman–Crippen LogP) is 5.53. The molecule has 0 aromatic carbocycles. The Kier molecular flexibility index (Phi) is 12.2. The lowest BCUT2D eigenvalue weighted by molar-refractivity contribution is -0.157. The zero-order valence-corrected chi connectivity index (χ0v) is 22.4. The molecule has 1 aromatic heterocycles. The van der Waals surface area contributed by atoms with Crippen LogP contribution in [0.5, 0.6) is 0 Å². The Bertz CT molecular complexity index is 764. The van der Waals surface area contributed by atoms with Crippen molar-refractivity contribution in [1.82, 2.24) is 10.3 Å². The van der Waals surface area contributed by atoms with Crippen LogP contribution in [0.25, 0.3) is 0 Å². The van der Waals surface area contributed by atoms with Crippen molar-refractivity contribution in [2.45, 2.75) is 99.4 Å². The topological polar surface area (TPSA) is 101 Å². The van der Waals surface area contributed by atoms with Crippen LogP contribution in [0.4, 0.5) is 5.69 Å². The molecule has 32 heavy (non-hydrogen) atoms. The molecule has 0 saturated heterocycles. The van der Waals surface area contributed by atoms with Gasteiger partial charge in [-0.15, -0.1) is 0 Å². The van der Waals surface area contributed by atoms with E-state index in [-0.39, 0.29) is 33.9 Å². The highest BCUT2D eigenvalue weighted by Gasteiger charge is 2.28. The maximum absolute atomic E-state index is 12.3. The van der Waals surface area contributed by atoms with E-state index in [0.29, 0.717) is 12.1 Å². The molecule has 0 bridgehead atoms. The number of nitrogens with zero attached hydrogens (tertiary/aromatic N) is 1. The van der Waals surface area contributed by atoms with Crippen LogP contribution in [0, 0.1) is 5.41 Å². The van der Waals surface area contributed by atoms with Crippen LogP contribution in [-0.4, -0.2) is 39.7 Å². The zero-order valence-electron chi connectivity index (χ0n) is 20.9. The average Bonchev–Trinajstić information content (AvgIpc) is 2.50. The van der Waals surface area contributed by atoms with E-state index in [1.165, 1.54) is 6.07 Å². The Morgan fingerprint density at radius 2 is 1.56 bits per heavy atom. The van der Waals surface area contributed by atoms with Crippen molar-refractivity contribution in [3.05, 3.63) is 21.9 Å². The highest BCUT2D eigenvalue weighted by atomic mass is 35.5. The number of aromatic nitrogens is 1. The SMILES string of the molecule is CC(C)(C)OC(=O)CC(O)c1c(NC(=O)C(C)(C)C)cc(Cl)nc1Cl.CC(C)NC(C)C. The van der Waals surface area contributed by atoms with Crippen molar-refractivity contribution in [1.29, 1.82) is 0 Å². The molecule has 0 aliphatic carbocycles.